The minimum absolute atomic E-state index is 0.0969. The number of carbonyl (C=O) groups is 1. The number of aryl methyl sites for hydroxylation is 1. The maximum absolute atomic E-state index is 13.8. The molecule has 0 radical (unpaired) electrons. The van der Waals surface area contributed by atoms with Crippen LogP contribution in [0, 0.1) is 5.82 Å². The van der Waals surface area contributed by atoms with Gasteiger partial charge in [0.05, 0.1) is 12.1 Å². The van der Waals surface area contributed by atoms with Crippen LogP contribution in [0.4, 0.5) is 4.39 Å². The van der Waals surface area contributed by atoms with E-state index in [-0.39, 0.29) is 17.1 Å². The first kappa shape index (κ1) is 22.0. The number of ether oxygens (including phenoxy) is 1. The molecular weight excluding hydrogens is 453 g/mol. The van der Waals surface area contributed by atoms with Gasteiger partial charge in [-0.2, -0.15) is 8.42 Å². The fourth-order valence-corrected chi connectivity index (χ4v) is 6.26. The summed E-state index contributed by atoms with van der Waals surface area (Å²) in [6, 6.07) is 14.5. The van der Waals surface area contributed by atoms with Crippen LogP contribution in [-0.4, -0.2) is 30.1 Å². The molecule has 0 saturated carbocycles. The van der Waals surface area contributed by atoms with Gasteiger partial charge in [0.2, 0.25) is 0 Å². The van der Waals surface area contributed by atoms with Gasteiger partial charge in [-0.3, -0.25) is 4.79 Å². The molecule has 0 aliphatic rings. The van der Waals surface area contributed by atoms with E-state index < -0.39 is 21.8 Å². The summed E-state index contributed by atoms with van der Waals surface area (Å²) in [5, 5.41) is 9.39. The largest absolute Gasteiger partial charge is 0.494 e. The van der Waals surface area contributed by atoms with Crippen LogP contribution in [0.5, 0.6) is 5.75 Å². The van der Waals surface area contributed by atoms with Crippen LogP contribution in [-0.2, 0) is 21.2 Å². The van der Waals surface area contributed by atoms with Crippen molar-refractivity contribution >= 4 is 38.2 Å². The van der Waals surface area contributed by atoms with Gasteiger partial charge in [-0.05, 0) is 79.1 Å². The molecule has 0 fully saturated rings. The summed E-state index contributed by atoms with van der Waals surface area (Å²) in [5.41, 5.74) is 1.64. The summed E-state index contributed by atoms with van der Waals surface area (Å²) >= 11 is 1.13. The standard InChI is InChI=1S/C23H20FNO5S2/c1-2-30-18-7-3-15(4-8-18)21-10-12-23(31-21)32(28,29)25-14-16(5-11-22(26)27)19-13-17(24)6-9-20(19)25/h3-4,6-10,12-14H,2,5,11H2,1H3,(H,26,27). The van der Waals surface area contributed by atoms with E-state index >= 15 is 0 Å². The van der Waals surface area contributed by atoms with E-state index in [2.05, 4.69) is 0 Å². The molecule has 0 unspecified atom stereocenters. The number of aromatic nitrogens is 1. The molecular formula is C23H20FNO5S2. The lowest BCUT2D eigenvalue weighted by Crippen LogP contribution is -2.10. The fourth-order valence-electron chi connectivity index (χ4n) is 3.47. The Labute approximate surface area is 188 Å². The van der Waals surface area contributed by atoms with E-state index in [1.165, 1.54) is 30.5 Å². The Morgan fingerprint density at radius 1 is 1.12 bits per heavy atom. The van der Waals surface area contributed by atoms with Crippen molar-refractivity contribution in [2.45, 2.75) is 24.0 Å². The molecule has 4 aromatic rings. The molecule has 0 aliphatic carbocycles. The zero-order valence-corrected chi connectivity index (χ0v) is 18.7. The van der Waals surface area contributed by atoms with Gasteiger partial charge in [0, 0.05) is 22.9 Å². The maximum atomic E-state index is 13.8. The van der Waals surface area contributed by atoms with Crippen LogP contribution in [0.15, 0.2) is 65.0 Å². The average molecular weight is 474 g/mol. The Kier molecular flexibility index (Phi) is 6.03. The van der Waals surface area contributed by atoms with Gasteiger partial charge in [-0.15, -0.1) is 11.3 Å². The van der Waals surface area contributed by atoms with Crippen molar-refractivity contribution in [3.63, 3.8) is 0 Å². The molecule has 1 N–H and O–H groups in total. The fraction of sp³-hybridized carbons (Fsp3) is 0.174. The molecule has 0 spiro atoms. The Morgan fingerprint density at radius 3 is 2.56 bits per heavy atom. The molecule has 0 saturated heterocycles. The van der Waals surface area contributed by atoms with E-state index in [1.807, 2.05) is 31.2 Å². The number of halogens is 1. The minimum Gasteiger partial charge on any atom is -0.494 e. The zero-order valence-electron chi connectivity index (χ0n) is 17.1. The SMILES string of the molecule is CCOc1ccc(-c2ccc(S(=O)(=O)n3cc(CCC(=O)O)c4cc(F)ccc43)s2)cc1. The van der Waals surface area contributed by atoms with E-state index in [0.717, 1.165) is 31.5 Å². The van der Waals surface area contributed by atoms with Crippen molar-refractivity contribution in [1.29, 1.82) is 0 Å². The number of benzene rings is 2. The van der Waals surface area contributed by atoms with E-state index in [9.17, 15) is 17.6 Å². The third-order valence-electron chi connectivity index (χ3n) is 4.97. The molecule has 2 aromatic heterocycles. The molecule has 0 amide bonds. The first-order chi connectivity index (χ1) is 15.3. The molecule has 32 heavy (non-hydrogen) atoms. The van der Waals surface area contributed by atoms with Crippen molar-refractivity contribution in [3.8, 4) is 16.2 Å². The maximum Gasteiger partial charge on any atom is 0.303 e. The number of aliphatic carboxylic acids is 1. The second kappa shape index (κ2) is 8.76. The van der Waals surface area contributed by atoms with Crippen LogP contribution in [0.2, 0.25) is 0 Å². The monoisotopic (exact) mass is 473 g/mol. The summed E-state index contributed by atoms with van der Waals surface area (Å²) in [5.74, 6) is -0.790. The van der Waals surface area contributed by atoms with Gasteiger partial charge in [-0.1, -0.05) is 0 Å². The highest BCUT2D eigenvalue weighted by Gasteiger charge is 2.24. The summed E-state index contributed by atoms with van der Waals surface area (Å²) in [4.78, 5) is 11.8. The van der Waals surface area contributed by atoms with Gasteiger partial charge in [0.1, 0.15) is 15.8 Å². The first-order valence-corrected chi connectivity index (χ1v) is 12.1. The summed E-state index contributed by atoms with van der Waals surface area (Å²) in [7, 11) is -3.96. The number of carboxylic acid groups (broad SMARTS) is 1. The lowest BCUT2D eigenvalue weighted by molar-refractivity contribution is -0.136. The number of rotatable bonds is 8. The quantitative estimate of drug-likeness (QED) is 0.382. The van der Waals surface area contributed by atoms with Gasteiger partial charge < -0.3 is 9.84 Å². The Hall–Kier alpha value is -3.17. The van der Waals surface area contributed by atoms with Gasteiger partial charge in [0.15, 0.2) is 0 Å². The van der Waals surface area contributed by atoms with Crippen LogP contribution >= 0.6 is 11.3 Å². The molecule has 0 atom stereocenters. The van der Waals surface area contributed by atoms with E-state index in [0.29, 0.717) is 23.1 Å². The highest BCUT2D eigenvalue weighted by atomic mass is 32.2. The smallest absolute Gasteiger partial charge is 0.303 e. The van der Waals surface area contributed by atoms with Crippen LogP contribution < -0.4 is 4.74 Å². The van der Waals surface area contributed by atoms with Gasteiger partial charge in [0.25, 0.3) is 10.0 Å². The van der Waals surface area contributed by atoms with Gasteiger partial charge >= 0.3 is 5.97 Å². The average Bonchev–Trinajstić information content (AvgIpc) is 3.39. The third-order valence-corrected chi connectivity index (χ3v) is 8.24. The molecule has 6 nitrogen and oxygen atoms in total. The number of nitrogens with zero attached hydrogens (tertiary/aromatic N) is 1. The predicted molar refractivity (Wildman–Crippen MR) is 121 cm³/mol. The Bertz CT molecular complexity index is 1390. The van der Waals surface area contributed by atoms with E-state index in [4.69, 9.17) is 9.84 Å². The van der Waals surface area contributed by atoms with Crippen molar-refractivity contribution in [3.05, 3.63) is 72.2 Å². The third kappa shape index (κ3) is 4.26. The first-order valence-electron chi connectivity index (χ1n) is 9.89. The summed E-state index contributed by atoms with van der Waals surface area (Å²) in [6.07, 6.45) is 1.30. The number of thiophene rings is 1. The summed E-state index contributed by atoms with van der Waals surface area (Å²) in [6.45, 7) is 2.46. The highest BCUT2D eigenvalue weighted by Crippen LogP contribution is 2.35. The molecule has 166 valence electrons. The number of hydrogen-bond acceptors (Lipinski definition) is 5. The lowest BCUT2D eigenvalue weighted by Gasteiger charge is -2.05. The Morgan fingerprint density at radius 2 is 1.88 bits per heavy atom. The van der Waals surface area contributed by atoms with Crippen molar-refractivity contribution < 1.29 is 27.4 Å². The van der Waals surface area contributed by atoms with Crippen molar-refractivity contribution in [2.75, 3.05) is 6.61 Å². The number of fused-ring (bicyclic) bond motifs is 1. The van der Waals surface area contributed by atoms with Crippen LogP contribution in [0.25, 0.3) is 21.3 Å². The second-order valence-corrected chi connectivity index (χ2v) is 10.2. The Balaban J connectivity index is 1.73. The summed E-state index contributed by atoms with van der Waals surface area (Å²) < 4.78 is 47.3. The molecule has 2 aromatic carbocycles. The minimum atomic E-state index is -3.96. The molecule has 0 aliphatic heterocycles. The van der Waals surface area contributed by atoms with Crippen molar-refractivity contribution in [1.82, 2.24) is 3.97 Å². The molecule has 2 heterocycles. The topological polar surface area (TPSA) is 85.6 Å². The normalized spacial score (nSPS) is 11.7. The molecule has 4 rings (SSSR count). The van der Waals surface area contributed by atoms with Gasteiger partial charge in [-0.25, -0.2) is 8.36 Å². The van der Waals surface area contributed by atoms with Crippen molar-refractivity contribution in [2.24, 2.45) is 0 Å². The number of carboxylic acids is 1. The van der Waals surface area contributed by atoms with Crippen LogP contribution in [0.3, 0.4) is 0 Å². The predicted octanol–water partition coefficient (Wildman–Crippen LogP) is 5.16. The second-order valence-electron chi connectivity index (χ2n) is 7.09. The molecule has 9 heteroatoms. The number of hydrogen-bond donors (Lipinski definition) is 1. The highest BCUT2D eigenvalue weighted by molar-refractivity contribution is 7.92. The lowest BCUT2D eigenvalue weighted by atomic mass is 10.1. The van der Waals surface area contributed by atoms with E-state index in [1.54, 1.807) is 6.07 Å². The zero-order chi connectivity index (χ0) is 22.9. The van der Waals surface area contributed by atoms with Crippen LogP contribution in [0.1, 0.15) is 18.9 Å². The molecule has 0 bridgehead atoms.